The summed E-state index contributed by atoms with van der Waals surface area (Å²) in [5.41, 5.74) is 0. The Morgan fingerprint density at radius 1 is 0.340 bits per heavy atom. The molecule has 0 N–H and O–H groups in total. The van der Waals surface area contributed by atoms with Crippen LogP contribution in [0.5, 0.6) is 0 Å². The van der Waals surface area contributed by atoms with E-state index in [1.54, 1.807) is 10.6 Å². The molecule has 0 aliphatic rings. The maximum atomic E-state index is 7.50. The predicted molar refractivity (Wildman–Crippen MR) is 229 cm³/mol. The molecular formula is C45H45CrO3P4+3. The molecule has 53 heavy (non-hydrogen) atoms. The van der Waals surface area contributed by atoms with Gasteiger partial charge in [-0.15, -0.1) is 0 Å². The van der Waals surface area contributed by atoms with Crippen LogP contribution < -0.4 is 31.8 Å². The molecular weight excluding hydrogens is 764 g/mol. The largest absolute Gasteiger partial charge is 0.100 e. The SMILES string of the molecule is [C-]#[O+].[C-]#[O+].[C-]#[O+].[Cr].c1ccc(P(CC[PH+](CC[PH+](CC[PH+](c2ccccc2)c2ccccc2)c2ccccc2)c2ccccc2)c2ccccc2)cc1. The summed E-state index contributed by atoms with van der Waals surface area (Å²) < 4.78 is 22.5. The molecule has 0 saturated heterocycles. The first-order valence-corrected chi connectivity index (χ1v) is 24.2. The number of hydrogen-bond acceptors (Lipinski definition) is 0. The van der Waals surface area contributed by atoms with Crippen molar-refractivity contribution in [3.8, 4) is 0 Å². The summed E-state index contributed by atoms with van der Waals surface area (Å²) in [7, 11) is -2.65. The van der Waals surface area contributed by atoms with Crippen LogP contribution in [0, 0.1) is 20.0 Å². The van der Waals surface area contributed by atoms with E-state index in [0.29, 0.717) is 0 Å². The molecule has 2 atom stereocenters. The van der Waals surface area contributed by atoms with Gasteiger partial charge >= 0.3 is 33.9 Å². The minimum absolute atomic E-state index is 0. The van der Waals surface area contributed by atoms with Gasteiger partial charge in [-0.1, -0.05) is 133 Å². The molecule has 266 valence electrons. The zero-order valence-corrected chi connectivity index (χ0v) is 34.8. The molecule has 0 spiro atoms. The fourth-order valence-corrected chi connectivity index (χ4v) is 19.9. The molecule has 6 aromatic carbocycles. The van der Waals surface area contributed by atoms with Crippen molar-refractivity contribution < 1.29 is 31.3 Å². The van der Waals surface area contributed by atoms with E-state index < -0.39 is 23.8 Å². The summed E-state index contributed by atoms with van der Waals surface area (Å²) >= 11 is 0. The molecule has 0 saturated carbocycles. The van der Waals surface area contributed by atoms with Crippen molar-refractivity contribution in [1.29, 1.82) is 0 Å². The predicted octanol–water partition coefficient (Wildman–Crippen LogP) is 7.95. The first-order valence-electron chi connectivity index (χ1n) is 17.1. The minimum atomic E-state index is -0.837. The molecule has 0 amide bonds. The molecule has 8 heteroatoms. The normalized spacial score (nSPS) is 11.1. The van der Waals surface area contributed by atoms with E-state index in [-0.39, 0.29) is 25.3 Å². The van der Waals surface area contributed by atoms with E-state index in [4.69, 9.17) is 14.0 Å². The standard InChI is InChI=1S/C42H42P4.3CO.Cr/c1-7-19-37(20-8-1)43(33-35-45(39-23-11-3-12-24-39)40-25-13-4-14-26-40)31-32-44(38-21-9-2-10-22-38)34-36-46(41-27-15-5-16-28-41)42-29-17-6-18-30-42;3*1-2;/h1-30H,31-36H2;;;;/p+3. The Morgan fingerprint density at radius 2 is 0.604 bits per heavy atom. The van der Waals surface area contributed by atoms with Gasteiger partial charge in [-0.25, -0.2) is 0 Å². The van der Waals surface area contributed by atoms with E-state index in [1.807, 2.05) is 0 Å². The van der Waals surface area contributed by atoms with Crippen LogP contribution >= 0.6 is 31.7 Å². The molecule has 3 nitrogen and oxygen atoms in total. The summed E-state index contributed by atoms with van der Waals surface area (Å²) in [5.74, 6) is 0. The molecule has 0 heterocycles. The summed E-state index contributed by atoms with van der Waals surface area (Å²) in [6, 6.07) is 68.3. The van der Waals surface area contributed by atoms with E-state index in [2.05, 4.69) is 202 Å². The maximum Gasteiger partial charge on any atom is 0.100 e. The zero-order valence-electron chi connectivity index (χ0n) is 29.6. The van der Waals surface area contributed by atoms with Gasteiger partial charge in [-0.3, -0.25) is 0 Å². The van der Waals surface area contributed by atoms with Crippen LogP contribution in [-0.4, -0.2) is 37.0 Å². The van der Waals surface area contributed by atoms with Crippen molar-refractivity contribution in [3.63, 3.8) is 0 Å². The summed E-state index contributed by atoms with van der Waals surface area (Å²) in [4.78, 5) is 0. The summed E-state index contributed by atoms with van der Waals surface area (Å²) in [6.07, 6.45) is 7.90. The first-order chi connectivity index (χ1) is 25.8. The van der Waals surface area contributed by atoms with Crippen molar-refractivity contribution in [2.24, 2.45) is 0 Å². The van der Waals surface area contributed by atoms with Crippen LogP contribution in [0.1, 0.15) is 0 Å². The van der Waals surface area contributed by atoms with Gasteiger partial charge in [0.15, 0.2) is 0 Å². The molecule has 6 aromatic rings. The van der Waals surface area contributed by atoms with Crippen molar-refractivity contribution in [3.05, 3.63) is 202 Å². The number of rotatable bonds is 15. The van der Waals surface area contributed by atoms with Gasteiger partial charge in [0, 0.05) is 39.4 Å². The van der Waals surface area contributed by atoms with E-state index in [0.717, 1.165) is 0 Å². The molecule has 0 bridgehead atoms. The number of hydrogen-bond donors (Lipinski definition) is 0. The van der Waals surface area contributed by atoms with E-state index >= 15 is 0 Å². The molecule has 6 rings (SSSR count). The Morgan fingerprint density at radius 3 is 0.943 bits per heavy atom. The van der Waals surface area contributed by atoms with E-state index in [1.165, 1.54) is 58.2 Å². The average Bonchev–Trinajstić information content (AvgIpc) is 3.25. The van der Waals surface area contributed by atoms with Gasteiger partial charge in [0.25, 0.3) is 0 Å². The molecule has 0 fully saturated rings. The number of benzene rings is 6. The second-order valence-corrected chi connectivity index (χ2v) is 22.2. The van der Waals surface area contributed by atoms with E-state index in [9.17, 15) is 0 Å². The van der Waals surface area contributed by atoms with Gasteiger partial charge in [0.1, 0.15) is 6.16 Å². The fraction of sp³-hybridized carbons (Fsp3) is 0.133. The maximum absolute atomic E-state index is 7.50. The Bertz CT molecular complexity index is 1620. The Hall–Kier alpha value is -3.21. The van der Waals surface area contributed by atoms with Crippen LogP contribution in [-0.2, 0) is 31.3 Å². The van der Waals surface area contributed by atoms with Crippen LogP contribution in [0.2, 0.25) is 0 Å². The van der Waals surface area contributed by atoms with Crippen molar-refractivity contribution in [1.82, 2.24) is 0 Å². The van der Waals surface area contributed by atoms with Crippen molar-refractivity contribution in [2.75, 3.05) is 37.0 Å². The van der Waals surface area contributed by atoms with Gasteiger partial charge in [0.2, 0.25) is 0 Å². The van der Waals surface area contributed by atoms with Crippen LogP contribution in [0.25, 0.3) is 0 Å². The fourth-order valence-electron chi connectivity index (χ4n) is 6.36. The third-order valence-electron chi connectivity index (χ3n) is 8.79. The third-order valence-corrected chi connectivity index (χ3v) is 21.2. The average molecular weight is 810 g/mol. The third kappa shape index (κ3) is 15.2. The molecule has 2 unspecified atom stereocenters. The molecule has 0 radical (unpaired) electrons. The van der Waals surface area contributed by atoms with Crippen LogP contribution in [0.15, 0.2) is 182 Å². The first kappa shape index (κ1) is 45.9. The second-order valence-electron chi connectivity index (χ2n) is 11.7. The molecule has 0 aliphatic carbocycles. The molecule has 0 aromatic heterocycles. The Labute approximate surface area is 332 Å². The van der Waals surface area contributed by atoms with Crippen LogP contribution in [0.4, 0.5) is 0 Å². The quantitative estimate of drug-likeness (QED) is 0.0575. The van der Waals surface area contributed by atoms with Crippen LogP contribution in [0.3, 0.4) is 0 Å². The van der Waals surface area contributed by atoms with Gasteiger partial charge in [0.05, 0.1) is 53.8 Å². The van der Waals surface area contributed by atoms with Gasteiger partial charge < -0.3 is 0 Å². The second kappa shape index (κ2) is 28.3. The van der Waals surface area contributed by atoms with Gasteiger partial charge in [-0.05, 0) is 67.1 Å². The summed E-state index contributed by atoms with van der Waals surface area (Å²) in [5, 5.41) is 9.30. The van der Waals surface area contributed by atoms with Gasteiger partial charge in [-0.2, -0.15) is 0 Å². The van der Waals surface area contributed by atoms with Crippen molar-refractivity contribution in [2.45, 2.75) is 0 Å². The smallest absolute Gasteiger partial charge is 0.0622 e. The Balaban J connectivity index is 0.00000132. The molecule has 0 aliphatic heterocycles. The Kier molecular flexibility index (Phi) is 24.5. The van der Waals surface area contributed by atoms with Crippen molar-refractivity contribution >= 4 is 63.5 Å². The monoisotopic (exact) mass is 809 g/mol. The topological polar surface area (TPSA) is 59.7 Å². The zero-order chi connectivity index (χ0) is 37.2. The minimum Gasteiger partial charge on any atom is -0.0622 e. The summed E-state index contributed by atoms with van der Waals surface area (Å²) in [6.45, 7) is 13.5.